The van der Waals surface area contributed by atoms with Gasteiger partial charge in [0.1, 0.15) is 15.1 Å². The summed E-state index contributed by atoms with van der Waals surface area (Å²) in [5, 5.41) is 8.48. The summed E-state index contributed by atoms with van der Waals surface area (Å²) >= 11 is 2.26. The molecular weight excluding hydrogens is 473 g/mol. The first-order chi connectivity index (χ1) is 13.3. The molecule has 1 atom stereocenters. The van der Waals surface area contributed by atoms with E-state index in [0.29, 0.717) is 19.6 Å². The van der Waals surface area contributed by atoms with Crippen molar-refractivity contribution in [2.75, 3.05) is 19.8 Å². The third-order valence-corrected chi connectivity index (χ3v) is 5.12. The molecule has 1 aliphatic heterocycles. The van der Waals surface area contributed by atoms with Crippen molar-refractivity contribution in [2.24, 2.45) is 0 Å². The Bertz CT molecular complexity index is 810. The van der Waals surface area contributed by atoms with Crippen LogP contribution in [0.2, 0.25) is 0 Å². The fourth-order valence-electron chi connectivity index (χ4n) is 3.08. The number of alkyl carbamates (subject to hydrolysis) is 1. The molecule has 8 heteroatoms. The molecule has 3 rings (SSSR count). The summed E-state index contributed by atoms with van der Waals surface area (Å²) in [6.07, 6.45) is 3.60. The van der Waals surface area contributed by atoms with Gasteiger partial charge in [-0.3, -0.25) is 0 Å². The molecule has 7 nitrogen and oxygen atoms in total. The van der Waals surface area contributed by atoms with Crippen LogP contribution in [0, 0.1) is 3.70 Å². The average Bonchev–Trinajstić information content (AvgIpc) is 2.97. The van der Waals surface area contributed by atoms with Crippen molar-refractivity contribution in [3.05, 3.63) is 21.9 Å². The number of rotatable bonds is 6. The summed E-state index contributed by atoms with van der Waals surface area (Å²) in [6.45, 7) is 7.34. The number of hydrogen-bond acceptors (Lipinski definition) is 5. The number of halogens is 1. The van der Waals surface area contributed by atoms with Gasteiger partial charge in [0.15, 0.2) is 6.23 Å². The van der Waals surface area contributed by atoms with Gasteiger partial charge < -0.3 is 19.5 Å². The number of carbonyl (C=O) groups excluding carboxylic acids is 1. The van der Waals surface area contributed by atoms with Gasteiger partial charge in [0.2, 0.25) is 0 Å². The number of nitrogens with zero attached hydrogens (tertiary/aromatic N) is 2. The maximum absolute atomic E-state index is 11.6. The zero-order chi connectivity index (χ0) is 20.1. The molecule has 1 amide bonds. The van der Waals surface area contributed by atoms with Gasteiger partial charge >= 0.3 is 6.09 Å². The molecule has 1 aromatic carbocycles. The third kappa shape index (κ3) is 5.73. The number of carbonyl (C=O) groups is 1. The number of fused-ring (bicyclic) bond motifs is 1. The number of nitrogens with one attached hydrogen (secondary N) is 1. The van der Waals surface area contributed by atoms with Crippen molar-refractivity contribution >= 4 is 39.6 Å². The summed E-state index contributed by atoms with van der Waals surface area (Å²) in [7, 11) is 0. The third-order valence-electron chi connectivity index (χ3n) is 4.32. The fourth-order valence-corrected chi connectivity index (χ4v) is 3.74. The summed E-state index contributed by atoms with van der Waals surface area (Å²) < 4.78 is 19.9. The van der Waals surface area contributed by atoms with Crippen molar-refractivity contribution in [3.63, 3.8) is 0 Å². The molecule has 1 fully saturated rings. The molecular formula is C20H28IN3O4. The highest BCUT2D eigenvalue weighted by Crippen LogP contribution is 2.30. The maximum atomic E-state index is 11.6. The van der Waals surface area contributed by atoms with Gasteiger partial charge in [-0.1, -0.05) is 0 Å². The Morgan fingerprint density at radius 2 is 2.21 bits per heavy atom. The quantitative estimate of drug-likeness (QED) is 0.462. The molecule has 0 radical (unpaired) electrons. The van der Waals surface area contributed by atoms with Crippen molar-refractivity contribution < 1.29 is 19.0 Å². The molecule has 1 unspecified atom stereocenters. The van der Waals surface area contributed by atoms with Crippen LogP contribution in [0.3, 0.4) is 0 Å². The first-order valence-electron chi connectivity index (χ1n) is 9.72. The van der Waals surface area contributed by atoms with Crippen molar-refractivity contribution in [3.8, 4) is 5.75 Å². The first kappa shape index (κ1) is 21.2. The molecule has 28 heavy (non-hydrogen) atoms. The van der Waals surface area contributed by atoms with E-state index < -0.39 is 11.7 Å². The Morgan fingerprint density at radius 3 is 2.93 bits per heavy atom. The van der Waals surface area contributed by atoms with Crippen molar-refractivity contribution in [1.82, 2.24) is 15.1 Å². The van der Waals surface area contributed by atoms with E-state index in [4.69, 9.17) is 14.2 Å². The summed E-state index contributed by atoms with van der Waals surface area (Å²) in [4.78, 5) is 11.6. The second-order valence-electron chi connectivity index (χ2n) is 7.87. The fraction of sp³-hybridized carbons (Fsp3) is 0.600. The van der Waals surface area contributed by atoms with E-state index in [1.54, 1.807) is 0 Å². The Kier molecular flexibility index (Phi) is 7.03. The van der Waals surface area contributed by atoms with Gasteiger partial charge in [-0.15, -0.1) is 0 Å². The predicted octanol–water partition coefficient (Wildman–Crippen LogP) is 4.63. The van der Waals surface area contributed by atoms with E-state index in [1.165, 1.54) is 6.42 Å². The van der Waals surface area contributed by atoms with Crippen LogP contribution in [0.1, 0.15) is 52.7 Å². The Balaban J connectivity index is 1.52. The van der Waals surface area contributed by atoms with Gasteiger partial charge in [0.05, 0.1) is 12.1 Å². The normalized spacial score (nSPS) is 17.5. The van der Waals surface area contributed by atoms with Crippen LogP contribution < -0.4 is 10.1 Å². The second-order valence-corrected chi connectivity index (χ2v) is 8.89. The minimum Gasteiger partial charge on any atom is -0.494 e. The SMILES string of the molecule is CC(C)(C)OC(=O)NCCCOc1ccc2c(c1)c(I)nn2C1CCCCO1. The number of ether oxygens (including phenoxy) is 3. The molecule has 1 aliphatic rings. The standard InChI is InChI=1S/C20H28IN3O4/c1-20(2,3)28-19(25)22-10-6-12-26-14-8-9-16-15(13-14)18(21)23-24(16)17-7-4-5-11-27-17/h8-9,13,17H,4-7,10-12H2,1-3H3,(H,22,25). The van der Waals surface area contributed by atoms with Gasteiger partial charge in [-0.05, 0) is 87.2 Å². The summed E-state index contributed by atoms with van der Waals surface area (Å²) in [6, 6.07) is 6.02. The minimum absolute atomic E-state index is 0.0189. The molecule has 1 aromatic heterocycles. The predicted molar refractivity (Wildman–Crippen MR) is 116 cm³/mol. The maximum Gasteiger partial charge on any atom is 0.407 e. The van der Waals surface area contributed by atoms with E-state index in [-0.39, 0.29) is 6.23 Å². The Hall–Kier alpha value is -1.55. The van der Waals surface area contributed by atoms with E-state index >= 15 is 0 Å². The number of hydrogen-bond donors (Lipinski definition) is 1. The minimum atomic E-state index is -0.486. The molecule has 154 valence electrons. The first-order valence-corrected chi connectivity index (χ1v) is 10.8. The van der Waals surface area contributed by atoms with E-state index in [2.05, 4.69) is 33.0 Å². The van der Waals surface area contributed by atoms with Gasteiger partial charge in [0, 0.05) is 18.5 Å². The van der Waals surface area contributed by atoms with Crippen molar-refractivity contribution in [1.29, 1.82) is 0 Å². The summed E-state index contributed by atoms with van der Waals surface area (Å²) in [5.74, 6) is 0.798. The average molecular weight is 501 g/mol. The molecule has 2 aromatic rings. The lowest BCUT2D eigenvalue weighted by Gasteiger charge is -2.23. The van der Waals surface area contributed by atoms with Gasteiger partial charge in [-0.25, -0.2) is 9.48 Å². The van der Waals surface area contributed by atoms with Crippen LogP contribution in [0.15, 0.2) is 18.2 Å². The van der Waals surface area contributed by atoms with E-state index in [1.807, 2.05) is 43.7 Å². The molecule has 0 aliphatic carbocycles. The highest BCUT2D eigenvalue weighted by Gasteiger charge is 2.20. The van der Waals surface area contributed by atoms with Gasteiger partial charge in [-0.2, -0.15) is 5.10 Å². The largest absolute Gasteiger partial charge is 0.494 e. The lowest BCUT2D eigenvalue weighted by molar-refractivity contribution is -0.0368. The van der Waals surface area contributed by atoms with Crippen LogP contribution >= 0.6 is 22.6 Å². The zero-order valence-electron chi connectivity index (χ0n) is 16.7. The van der Waals surface area contributed by atoms with E-state index in [0.717, 1.165) is 39.8 Å². The molecule has 1 N–H and O–H groups in total. The zero-order valence-corrected chi connectivity index (χ0v) is 18.8. The number of aromatic nitrogens is 2. The van der Waals surface area contributed by atoms with E-state index in [9.17, 15) is 4.79 Å². The van der Waals surface area contributed by atoms with Crippen LogP contribution in [0.25, 0.3) is 10.9 Å². The lowest BCUT2D eigenvalue weighted by Crippen LogP contribution is -2.33. The molecule has 2 heterocycles. The molecule has 1 saturated heterocycles. The molecule has 0 saturated carbocycles. The van der Waals surface area contributed by atoms with Crippen molar-refractivity contribution in [2.45, 2.75) is 58.3 Å². The Morgan fingerprint density at radius 1 is 1.39 bits per heavy atom. The molecule has 0 spiro atoms. The second kappa shape index (κ2) is 9.30. The van der Waals surface area contributed by atoms with Gasteiger partial charge in [0.25, 0.3) is 0 Å². The highest BCUT2D eigenvalue weighted by atomic mass is 127. The molecule has 0 bridgehead atoms. The topological polar surface area (TPSA) is 74.6 Å². The number of amides is 1. The van der Waals surface area contributed by atoms with Crippen LogP contribution in [-0.2, 0) is 9.47 Å². The number of benzene rings is 1. The monoisotopic (exact) mass is 501 g/mol. The highest BCUT2D eigenvalue weighted by molar-refractivity contribution is 14.1. The summed E-state index contributed by atoms with van der Waals surface area (Å²) in [5.41, 5.74) is 0.579. The lowest BCUT2D eigenvalue weighted by atomic mass is 10.2. The van der Waals surface area contributed by atoms with Crippen LogP contribution in [-0.4, -0.2) is 41.2 Å². The Labute approximate surface area is 179 Å². The smallest absolute Gasteiger partial charge is 0.407 e. The van der Waals surface area contributed by atoms with Crippen LogP contribution in [0.5, 0.6) is 5.75 Å². The van der Waals surface area contributed by atoms with Crippen LogP contribution in [0.4, 0.5) is 4.79 Å².